The minimum atomic E-state index is -0.479. The molecule has 148 valence electrons. The molecule has 2 saturated heterocycles. The van der Waals surface area contributed by atoms with E-state index in [2.05, 4.69) is 45.0 Å². The van der Waals surface area contributed by atoms with Crippen LogP contribution >= 0.6 is 0 Å². The number of hydrogen-bond acceptors (Lipinski definition) is 4. The predicted octanol–water partition coefficient (Wildman–Crippen LogP) is 4.06. The van der Waals surface area contributed by atoms with E-state index in [0.29, 0.717) is 0 Å². The summed E-state index contributed by atoms with van der Waals surface area (Å²) >= 11 is 0. The summed E-state index contributed by atoms with van der Waals surface area (Å²) in [7, 11) is -0.344. The smallest absolute Gasteiger partial charge is 0.444 e. The number of ether oxygens (including phenoxy) is 1. The maximum Gasteiger partial charge on any atom is 0.494 e. The molecule has 2 heterocycles. The highest BCUT2D eigenvalue weighted by molar-refractivity contribution is 6.61. The maximum absolute atomic E-state index is 12.5. The largest absolute Gasteiger partial charge is 0.494 e. The SMILES string of the molecule is C[C@@H]1CC(C)(C)OB(c2ccc([C@H]3CCCN3C(=O)OC(C)(C)C)cc2)O1. The Kier molecular flexibility index (Phi) is 5.60. The number of carbonyl (C=O) groups excluding carboxylic acids is 1. The molecule has 27 heavy (non-hydrogen) atoms. The average Bonchev–Trinajstić information content (AvgIpc) is 3.01. The Hall–Kier alpha value is -1.53. The van der Waals surface area contributed by atoms with Crippen LogP contribution < -0.4 is 5.46 Å². The van der Waals surface area contributed by atoms with Gasteiger partial charge in [0.05, 0.1) is 11.6 Å². The minimum absolute atomic E-state index is 0.0671. The van der Waals surface area contributed by atoms with Crippen LogP contribution in [-0.4, -0.2) is 42.0 Å². The lowest BCUT2D eigenvalue weighted by Crippen LogP contribution is -2.51. The Balaban J connectivity index is 1.72. The van der Waals surface area contributed by atoms with Crippen molar-refractivity contribution in [2.24, 2.45) is 0 Å². The molecule has 1 aromatic carbocycles. The Labute approximate surface area is 163 Å². The lowest BCUT2D eigenvalue weighted by Gasteiger charge is -2.38. The van der Waals surface area contributed by atoms with Gasteiger partial charge in [-0.25, -0.2) is 4.79 Å². The fourth-order valence-electron chi connectivity index (χ4n) is 3.99. The third-order valence-electron chi connectivity index (χ3n) is 5.04. The molecule has 2 fully saturated rings. The van der Waals surface area contributed by atoms with Gasteiger partial charge in [-0.05, 0) is 71.8 Å². The van der Waals surface area contributed by atoms with Gasteiger partial charge >= 0.3 is 13.2 Å². The van der Waals surface area contributed by atoms with Gasteiger partial charge in [0.15, 0.2) is 0 Å². The normalized spacial score (nSPS) is 25.6. The summed E-state index contributed by atoms with van der Waals surface area (Å²) in [4.78, 5) is 14.4. The van der Waals surface area contributed by atoms with Crippen molar-refractivity contribution in [3.63, 3.8) is 0 Å². The van der Waals surface area contributed by atoms with E-state index in [-0.39, 0.29) is 31.0 Å². The summed E-state index contributed by atoms with van der Waals surface area (Å²) < 4.78 is 17.7. The quantitative estimate of drug-likeness (QED) is 0.734. The van der Waals surface area contributed by atoms with Crippen LogP contribution in [0.5, 0.6) is 0 Å². The van der Waals surface area contributed by atoms with Crippen LogP contribution in [0.4, 0.5) is 4.79 Å². The molecular formula is C21H32BNO4. The third kappa shape index (κ3) is 5.05. The second kappa shape index (κ2) is 7.48. The Bertz CT molecular complexity index is 668. The zero-order valence-electron chi connectivity index (χ0n) is 17.5. The fraction of sp³-hybridized carbons (Fsp3) is 0.667. The van der Waals surface area contributed by atoms with Crippen molar-refractivity contribution in [1.29, 1.82) is 0 Å². The molecular weight excluding hydrogens is 341 g/mol. The molecule has 0 aromatic heterocycles. The van der Waals surface area contributed by atoms with Crippen molar-refractivity contribution in [2.75, 3.05) is 6.54 Å². The van der Waals surface area contributed by atoms with E-state index >= 15 is 0 Å². The second-order valence-electron chi connectivity index (χ2n) is 9.36. The highest BCUT2D eigenvalue weighted by Crippen LogP contribution is 2.33. The van der Waals surface area contributed by atoms with Crippen molar-refractivity contribution < 1.29 is 18.8 Å². The molecule has 0 aliphatic carbocycles. The van der Waals surface area contributed by atoms with E-state index in [0.717, 1.165) is 36.8 Å². The molecule has 3 rings (SSSR count). The van der Waals surface area contributed by atoms with Gasteiger partial charge < -0.3 is 18.9 Å². The van der Waals surface area contributed by atoms with Crippen LogP contribution in [0.15, 0.2) is 24.3 Å². The third-order valence-corrected chi connectivity index (χ3v) is 5.04. The summed E-state index contributed by atoms with van der Waals surface area (Å²) in [5, 5.41) is 0. The molecule has 0 N–H and O–H groups in total. The predicted molar refractivity (Wildman–Crippen MR) is 107 cm³/mol. The van der Waals surface area contributed by atoms with Gasteiger partial charge in [0, 0.05) is 12.6 Å². The van der Waals surface area contributed by atoms with E-state index in [1.165, 1.54) is 0 Å². The molecule has 0 unspecified atom stereocenters. The van der Waals surface area contributed by atoms with E-state index in [4.69, 9.17) is 14.0 Å². The van der Waals surface area contributed by atoms with E-state index < -0.39 is 5.60 Å². The van der Waals surface area contributed by atoms with Gasteiger partial charge in [0.1, 0.15) is 5.60 Å². The molecule has 2 aliphatic rings. The maximum atomic E-state index is 12.5. The van der Waals surface area contributed by atoms with Gasteiger partial charge in [-0.1, -0.05) is 24.3 Å². The zero-order chi connectivity index (χ0) is 19.8. The Morgan fingerprint density at radius 3 is 2.52 bits per heavy atom. The molecule has 2 atom stereocenters. The molecule has 1 amide bonds. The van der Waals surface area contributed by atoms with Crippen LogP contribution in [-0.2, 0) is 14.0 Å². The summed E-state index contributed by atoms with van der Waals surface area (Å²) in [6, 6.07) is 8.35. The first kappa shape index (κ1) is 20.2. The standard InChI is InChI=1S/C21H32BNO4/c1-15-14-21(5,6)27-22(26-15)17-11-9-16(10-12-17)18-8-7-13-23(18)19(24)25-20(2,3)4/h9-12,15,18H,7-8,13-14H2,1-6H3/t15-,18-/m1/s1. The molecule has 1 aromatic rings. The van der Waals surface area contributed by atoms with Crippen LogP contribution in [0.3, 0.4) is 0 Å². The Morgan fingerprint density at radius 1 is 1.26 bits per heavy atom. The zero-order valence-corrected chi connectivity index (χ0v) is 17.5. The van der Waals surface area contributed by atoms with Crippen molar-refractivity contribution in [3.8, 4) is 0 Å². The van der Waals surface area contributed by atoms with Crippen LogP contribution in [0, 0.1) is 0 Å². The molecule has 0 radical (unpaired) electrons. The molecule has 0 saturated carbocycles. The topological polar surface area (TPSA) is 48.0 Å². The molecule has 5 nitrogen and oxygen atoms in total. The summed E-state index contributed by atoms with van der Waals surface area (Å²) in [6.45, 7) is 12.7. The van der Waals surface area contributed by atoms with E-state index in [1.807, 2.05) is 25.7 Å². The van der Waals surface area contributed by atoms with Crippen molar-refractivity contribution >= 4 is 18.7 Å². The first-order chi connectivity index (χ1) is 12.5. The van der Waals surface area contributed by atoms with Gasteiger partial charge in [-0.3, -0.25) is 0 Å². The number of benzene rings is 1. The van der Waals surface area contributed by atoms with Gasteiger partial charge in [0.2, 0.25) is 0 Å². The van der Waals surface area contributed by atoms with Gasteiger partial charge in [-0.15, -0.1) is 0 Å². The second-order valence-corrected chi connectivity index (χ2v) is 9.36. The molecule has 0 bridgehead atoms. The van der Waals surface area contributed by atoms with Crippen molar-refractivity contribution in [2.45, 2.75) is 84.2 Å². The number of likely N-dealkylation sites (tertiary alicyclic amines) is 1. The van der Waals surface area contributed by atoms with Gasteiger partial charge in [0.25, 0.3) is 0 Å². The number of carbonyl (C=O) groups is 1. The Morgan fingerprint density at radius 2 is 1.93 bits per heavy atom. The van der Waals surface area contributed by atoms with Crippen molar-refractivity contribution in [1.82, 2.24) is 4.90 Å². The van der Waals surface area contributed by atoms with Crippen molar-refractivity contribution in [3.05, 3.63) is 29.8 Å². The summed E-state index contributed by atoms with van der Waals surface area (Å²) in [5.41, 5.74) is 1.47. The van der Waals surface area contributed by atoms with E-state index in [9.17, 15) is 4.79 Å². The molecule has 0 spiro atoms. The fourth-order valence-corrected chi connectivity index (χ4v) is 3.99. The number of hydrogen-bond donors (Lipinski definition) is 0. The monoisotopic (exact) mass is 373 g/mol. The lowest BCUT2D eigenvalue weighted by molar-refractivity contribution is -0.0230. The number of rotatable bonds is 2. The number of amides is 1. The summed E-state index contributed by atoms with van der Waals surface area (Å²) in [5.74, 6) is 0. The van der Waals surface area contributed by atoms with Crippen LogP contribution in [0.25, 0.3) is 0 Å². The number of nitrogens with zero attached hydrogens (tertiary/aromatic N) is 1. The van der Waals surface area contributed by atoms with Crippen LogP contribution in [0.1, 0.15) is 72.4 Å². The van der Waals surface area contributed by atoms with Crippen LogP contribution in [0.2, 0.25) is 0 Å². The molecule has 2 aliphatic heterocycles. The first-order valence-corrected chi connectivity index (χ1v) is 9.97. The van der Waals surface area contributed by atoms with E-state index in [1.54, 1.807) is 0 Å². The lowest BCUT2D eigenvalue weighted by atomic mass is 9.74. The summed E-state index contributed by atoms with van der Waals surface area (Å²) in [6.07, 6.45) is 2.76. The highest BCUT2D eigenvalue weighted by Gasteiger charge is 2.38. The van der Waals surface area contributed by atoms with Gasteiger partial charge in [-0.2, -0.15) is 0 Å². The first-order valence-electron chi connectivity index (χ1n) is 9.97. The minimum Gasteiger partial charge on any atom is -0.444 e. The highest BCUT2D eigenvalue weighted by atomic mass is 16.6. The molecule has 6 heteroatoms. The average molecular weight is 373 g/mol.